The molecule has 2 rings (SSSR count). The Morgan fingerprint density at radius 1 is 1.17 bits per heavy atom. The van der Waals surface area contributed by atoms with Crippen LogP contribution in [0, 0.1) is 5.82 Å². The van der Waals surface area contributed by atoms with Gasteiger partial charge in [-0.15, -0.1) is 0 Å². The van der Waals surface area contributed by atoms with Gasteiger partial charge in [0.1, 0.15) is 18.3 Å². The normalized spacial score (nSPS) is 14.2. The molecule has 6 nitrogen and oxygen atoms in total. The number of amidine groups is 1. The molecule has 2 aromatic rings. The number of hydrogen-bond acceptors (Lipinski definition) is 5. The molecule has 1 N–H and O–H groups in total. The molecule has 0 spiro atoms. The van der Waals surface area contributed by atoms with Crippen LogP contribution in [0.15, 0.2) is 40.3 Å². The maximum absolute atomic E-state index is 14.7. The van der Waals surface area contributed by atoms with Crippen molar-refractivity contribution >= 4 is 17.7 Å². The number of halogens is 4. The van der Waals surface area contributed by atoms with Crippen LogP contribution < -0.4 is 14.8 Å². The van der Waals surface area contributed by atoms with Gasteiger partial charge in [-0.05, 0) is 32.4 Å². The highest BCUT2D eigenvalue weighted by Crippen LogP contribution is 2.37. The molecule has 0 saturated carbocycles. The minimum Gasteiger partial charge on any atom is -0.493 e. The lowest BCUT2D eigenvalue weighted by molar-refractivity contribution is -0.140. The number of ether oxygens (including phenoxy) is 3. The monoisotopic (exact) mass is 497 g/mol. The van der Waals surface area contributed by atoms with E-state index in [4.69, 9.17) is 14.2 Å². The van der Waals surface area contributed by atoms with Crippen molar-refractivity contribution in [3.63, 3.8) is 0 Å². The van der Waals surface area contributed by atoms with E-state index in [2.05, 4.69) is 15.3 Å². The maximum atomic E-state index is 14.7. The van der Waals surface area contributed by atoms with E-state index in [1.165, 1.54) is 26.3 Å². The number of aliphatic imine (C=N–C) groups is 2. The fraction of sp³-hybridized carbons (Fsp3) is 0.440. The molecule has 192 valence electrons. The summed E-state index contributed by atoms with van der Waals surface area (Å²) in [6.45, 7) is 5.54. The molecule has 0 amide bonds. The average Bonchev–Trinajstić information content (AvgIpc) is 2.83. The SMILES string of the molecule is CC=Nc1cc(OC)c(OCC(CC)OC)cc1C(=NC)N[C@H](C)c1cccc(C(F)(F)F)c1F. The summed E-state index contributed by atoms with van der Waals surface area (Å²) in [5, 5.41) is 3.02. The van der Waals surface area contributed by atoms with E-state index in [1.54, 1.807) is 39.3 Å². The summed E-state index contributed by atoms with van der Waals surface area (Å²) in [5.41, 5.74) is -0.470. The van der Waals surface area contributed by atoms with Crippen molar-refractivity contribution in [1.82, 2.24) is 5.32 Å². The van der Waals surface area contributed by atoms with E-state index >= 15 is 0 Å². The Morgan fingerprint density at radius 3 is 2.43 bits per heavy atom. The Labute approximate surface area is 203 Å². The summed E-state index contributed by atoms with van der Waals surface area (Å²) in [6.07, 6.45) is -2.60. The molecular weight excluding hydrogens is 466 g/mol. The van der Waals surface area contributed by atoms with Gasteiger partial charge in [-0.3, -0.25) is 9.98 Å². The summed E-state index contributed by atoms with van der Waals surface area (Å²) in [7, 11) is 4.61. The van der Waals surface area contributed by atoms with Crippen LogP contribution in [0.4, 0.5) is 23.2 Å². The summed E-state index contributed by atoms with van der Waals surface area (Å²) in [6, 6.07) is 5.70. The van der Waals surface area contributed by atoms with E-state index < -0.39 is 23.6 Å². The van der Waals surface area contributed by atoms with Crippen molar-refractivity contribution in [1.29, 1.82) is 0 Å². The van der Waals surface area contributed by atoms with Crippen LogP contribution in [0.3, 0.4) is 0 Å². The van der Waals surface area contributed by atoms with E-state index in [0.717, 1.165) is 6.42 Å². The Hall–Kier alpha value is -3.14. The van der Waals surface area contributed by atoms with Crippen LogP contribution in [0.5, 0.6) is 11.5 Å². The molecule has 2 aromatic carbocycles. The molecule has 0 aliphatic rings. The van der Waals surface area contributed by atoms with Gasteiger partial charge >= 0.3 is 6.18 Å². The Bertz CT molecular complexity index is 1050. The highest BCUT2D eigenvalue weighted by molar-refractivity contribution is 6.04. The predicted octanol–water partition coefficient (Wildman–Crippen LogP) is 6.11. The smallest absolute Gasteiger partial charge is 0.419 e. The lowest BCUT2D eigenvalue weighted by Gasteiger charge is -2.22. The third-order valence-electron chi connectivity index (χ3n) is 5.40. The fourth-order valence-electron chi connectivity index (χ4n) is 3.44. The Balaban J connectivity index is 2.47. The number of hydrogen-bond donors (Lipinski definition) is 1. The molecule has 0 aliphatic carbocycles. The predicted molar refractivity (Wildman–Crippen MR) is 129 cm³/mol. The van der Waals surface area contributed by atoms with Crippen molar-refractivity contribution in [2.75, 3.05) is 27.9 Å². The maximum Gasteiger partial charge on any atom is 0.419 e. The van der Waals surface area contributed by atoms with Crippen LogP contribution in [0.1, 0.15) is 49.9 Å². The minimum atomic E-state index is -4.80. The second-order valence-corrected chi connectivity index (χ2v) is 7.63. The third kappa shape index (κ3) is 6.94. The van der Waals surface area contributed by atoms with Crippen molar-refractivity contribution in [2.45, 2.75) is 45.5 Å². The molecule has 0 fully saturated rings. The van der Waals surface area contributed by atoms with Crippen molar-refractivity contribution in [3.05, 3.63) is 52.8 Å². The number of benzene rings is 2. The van der Waals surface area contributed by atoms with Gasteiger partial charge in [-0.1, -0.05) is 19.1 Å². The van der Waals surface area contributed by atoms with Gasteiger partial charge in [0.25, 0.3) is 0 Å². The molecule has 10 heteroatoms. The zero-order chi connectivity index (χ0) is 26.2. The van der Waals surface area contributed by atoms with E-state index in [9.17, 15) is 17.6 Å². The van der Waals surface area contributed by atoms with Crippen molar-refractivity contribution in [2.24, 2.45) is 9.98 Å². The molecule has 0 aliphatic heterocycles. The summed E-state index contributed by atoms with van der Waals surface area (Å²) < 4.78 is 71.0. The minimum absolute atomic E-state index is 0.127. The van der Waals surface area contributed by atoms with Crippen molar-refractivity contribution < 1.29 is 31.8 Å². The first-order valence-corrected chi connectivity index (χ1v) is 11.1. The molecule has 0 heterocycles. The molecule has 0 aromatic heterocycles. The summed E-state index contributed by atoms with van der Waals surface area (Å²) in [4.78, 5) is 8.63. The van der Waals surface area contributed by atoms with Gasteiger partial charge in [0.05, 0.1) is 30.5 Å². The quantitative estimate of drug-likeness (QED) is 0.245. The highest BCUT2D eigenvalue weighted by atomic mass is 19.4. The van der Waals surface area contributed by atoms with Gasteiger partial charge in [-0.2, -0.15) is 13.2 Å². The summed E-state index contributed by atoms with van der Waals surface area (Å²) in [5.74, 6) is -0.186. The van der Waals surface area contributed by atoms with Crippen LogP contribution in [0.25, 0.3) is 0 Å². The Kier molecular flexibility index (Phi) is 10.1. The zero-order valence-corrected chi connectivity index (χ0v) is 20.7. The van der Waals surface area contributed by atoms with Crippen LogP contribution in [0.2, 0.25) is 0 Å². The summed E-state index contributed by atoms with van der Waals surface area (Å²) >= 11 is 0. The highest BCUT2D eigenvalue weighted by Gasteiger charge is 2.35. The van der Waals surface area contributed by atoms with Gasteiger partial charge in [0.15, 0.2) is 11.5 Å². The van der Waals surface area contributed by atoms with Crippen molar-refractivity contribution in [3.8, 4) is 11.5 Å². The average molecular weight is 498 g/mol. The van der Waals surface area contributed by atoms with Gasteiger partial charge < -0.3 is 19.5 Å². The number of rotatable bonds is 10. The van der Waals surface area contributed by atoms with Gasteiger partial charge in [0, 0.05) is 37.6 Å². The number of alkyl halides is 3. The second kappa shape index (κ2) is 12.5. The standard InChI is InChI=1S/C25H31F4N3O3/c1-7-16(33-5)14-35-22-12-18(20(31-8-2)13-21(22)34-6)24(30-4)32-15(3)17-10-9-11-19(23(17)26)25(27,28)29/h8-13,15-16H,7,14H2,1-6H3,(H,30,32)/t15-,16?/m1/s1. The molecule has 35 heavy (non-hydrogen) atoms. The van der Waals surface area contributed by atoms with Gasteiger partial charge in [-0.25, -0.2) is 4.39 Å². The molecule has 0 saturated heterocycles. The van der Waals surface area contributed by atoms with Crippen LogP contribution in [-0.2, 0) is 10.9 Å². The number of methoxy groups -OCH3 is 2. The van der Waals surface area contributed by atoms with E-state index in [0.29, 0.717) is 34.7 Å². The number of nitrogens with zero attached hydrogens (tertiary/aromatic N) is 2. The largest absolute Gasteiger partial charge is 0.493 e. The molecule has 1 unspecified atom stereocenters. The number of nitrogens with one attached hydrogen (secondary N) is 1. The van der Waals surface area contributed by atoms with Crippen LogP contribution in [-0.4, -0.2) is 46.0 Å². The van der Waals surface area contributed by atoms with E-state index in [-0.39, 0.29) is 18.3 Å². The van der Waals surface area contributed by atoms with Crippen LogP contribution >= 0.6 is 0 Å². The fourth-order valence-corrected chi connectivity index (χ4v) is 3.44. The first kappa shape index (κ1) is 28.1. The second-order valence-electron chi connectivity index (χ2n) is 7.63. The molecular formula is C25H31F4N3O3. The topological polar surface area (TPSA) is 64.4 Å². The van der Waals surface area contributed by atoms with E-state index in [1.807, 2.05) is 6.92 Å². The first-order valence-electron chi connectivity index (χ1n) is 11.1. The zero-order valence-electron chi connectivity index (χ0n) is 20.7. The molecule has 0 bridgehead atoms. The molecule has 0 radical (unpaired) electrons. The van der Waals surface area contributed by atoms with Gasteiger partial charge in [0.2, 0.25) is 0 Å². The third-order valence-corrected chi connectivity index (χ3v) is 5.40. The lowest BCUT2D eigenvalue weighted by atomic mass is 10.0. The lowest BCUT2D eigenvalue weighted by Crippen LogP contribution is -2.29. The Morgan fingerprint density at radius 2 is 1.89 bits per heavy atom. The molecule has 2 atom stereocenters. The first-order chi connectivity index (χ1) is 16.6.